The van der Waals surface area contributed by atoms with E-state index in [4.69, 9.17) is 11.0 Å². The summed E-state index contributed by atoms with van der Waals surface area (Å²) in [5.74, 6) is -0.193. The van der Waals surface area contributed by atoms with Crippen LogP contribution < -0.4 is 5.73 Å². The quantitative estimate of drug-likeness (QED) is 0.721. The topological polar surface area (TPSA) is 71.3 Å². The third-order valence-corrected chi connectivity index (χ3v) is 3.23. The number of hydrogen-bond acceptors (Lipinski definition) is 3. The molecule has 0 amide bonds. The molecule has 0 bridgehead atoms. The van der Waals surface area contributed by atoms with Crippen LogP contribution in [0.5, 0.6) is 0 Å². The van der Waals surface area contributed by atoms with Crippen molar-refractivity contribution in [3.8, 4) is 6.07 Å². The number of nitrogens with two attached hydrogens (primary N) is 1. The van der Waals surface area contributed by atoms with E-state index in [0.717, 1.165) is 5.52 Å². The molecule has 3 rings (SSSR count). The standard InChI is InChI=1S/C16H11N3O/c17-10-12-9-13-7-4-8-19(13)15(14(12)18)16(20)11-5-2-1-3-6-11/h1-9H,18H2. The molecule has 0 unspecified atom stereocenters. The Kier molecular flexibility index (Phi) is 2.73. The van der Waals surface area contributed by atoms with Gasteiger partial charge in [-0.25, -0.2) is 0 Å². The maximum Gasteiger partial charge on any atom is 0.211 e. The average Bonchev–Trinajstić information content (AvgIpc) is 2.94. The summed E-state index contributed by atoms with van der Waals surface area (Å²) in [6.45, 7) is 0. The smallest absolute Gasteiger partial charge is 0.211 e. The number of benzene rings is 1. The lowest BCUT2D eigenvalue weighted by Crippen LogP contribution is -2.12. The molecule has 0 aliphatic rings. The predicted octanol–water partition coefficient (Wildman–Crippen LogP) is 2.62. The van der Waals surface area contributed by atoms with Gasteiger partial charge in [-0.15, -0.1) is 0 Å². The van der Waals surface area contributed by atoms with Crippen molar-refractivity contribution in [2.45, 2.75) is 0 Å². The maximum absolute atomic E-state index is 12.6. The zero-order valence-electron chi connectivity index (χ0n) is 10.6. The second-order valence-corrected chi connectivity index (χ2v) is 4.43. The van der Waals surface area contributed by atoms with Crippen LogP contribution in [-0.2, 0) is 0 Å². The van der Waals surface area contributed by atoms with Crippen LogP contribution in [-0.4, -0.2) is 10.2 Å². The summed E-state index contributed by atoms with van der Waals surface area (Å²) in [6, 6.07) is 16.3. The molecule has 0 aliphatic heterocycles. The molecule has 0 radical (unpaired) electrons. The molecule has 0 saturated carbocycles. The van der Waals surface area contributed by atoms with Crippen LogP contribution >= 0.6 is 0 Å². The van der Waals surface area contributed by atoms with Crippen molar-refractivity contribution >= 4 is 17.0 Å². The summed E-state index contributed by atoms with van der Waals surface area (Å²) < 4.78 is 1.71. The second-order valence-electron chi connectivity index (χ2n) is 4.43. The SMILES string of the molecule is N#Cc1cc2cccn2c(C(=O)c2ccccc2)c1N. The summed E-state index contributed by atoms with van der Waals surface area (Å²) in [6.07, 6.45) is 1.77. The van der Waals surface area contributed by atoms with Gasteiger partial charge in [0.1, 0.15) is 11.8 Å². The summed E-state index contributed by atoms with van der Waals surface area (Å²) in [5.41, 5.74) is 8.17. The van der Waals surface area contributed by atoms with E-state index in [0.29, 0.717) is 16.8 Å². The van der Waals surface area contributed by atoms with Gasteiger partial charge in [0.05, 0.1) is 11.3 Å². The summed E-state index contributed by atoms with van der Waals surface area (Å²) in [4.78, 5) is 12.6. The van der Waals surface area contributed by atoms with Gasteiger partial charge in [-0.1, -0.05) is 30.3 Å². The van der Waals surface area contributed by atoms with E-state index in [-0.39, 0.29) is 11.5 Å². The van der Waals surface area contributed by atoms with Crippen molar-refractivity contribution in [3.63, 3.8) is 0 Å². The monoisotopic (exact) mass is 261 g/mol. The van der Waals surface area contributed by atoms with Crippen molar-refractivity contribution in [1.82, 2.24) is 4.40 Å². The van der Waals surface area contributed by atoms with Crippen LogP contribution in [0.1, 0.15) is 21.6 Å². The molecular weight excluding hydrogens is 250 g/mol. The fourth-order valence-electron chi connectivity index (χ4n) is 2.25. The van der Waals surface area contributed by atoms with E-state index in [9.17, 15) is 4.79 Å². The lowest BCUT2D eigenvalue weighted by molar-refractivity contribution is 0.103. The maximum atomic E-state index is 12.6. The Labute approximate surface area is 115 Å². The Hall–Kier alpha value is -3.06. The second kappa shape index (κ2) is 4.56. The molecule has 1 aromatic carbocycles. The highest BCUT2D eigenvalue weighted by Gasteiger charge is 2.18. The minimum atomic E-state index is -0.193. The average molecular weight is 261 g/mol. The summed E-state index contributed by atoms with van der Waals surface area (Å²) in [7, 11) is 0. The van der Waals surface area contributed by atoms with Crippen molar-refractivity contribution in [2.75, 3.05) is 5.73 Å². The molecule has 0 saturated heterocycles. The molecule has 0 spiro atoms. The number of pyridine rings is 1. The largest absolute Gasteiger partial charge is 0.396 e. The van der Waals surface area contributed by atoms with Gasteiger partial charge >= 0.3 is 0 Å². The molecule has 20 heavy (non-hydrogen) atoms. The number of anilines is 1. The Morgan fingerprint density at radius 1 is 1.15 bits per heavy atom. The van der Waals surface area contributed by atoms with Crippen molar-refractivity contribution in [3.05, 3.63) is 71.5 Å². The van der Waals surface area contributed by atoms with Crippen molar-refractivity contribution in [1.29, 1.82) is 5.26 Å². The fourth-order valence-corrected chi connectivity index (χ4v) is 2.25. The number of nitriles is 1. The molecule has 2 N–H and O–H groups in total. The van der Waals surface area contributed by atoms with Crippen LogP contribution in [0, 0.1) is 11.3 Å². The number of carbonyl (C=O) groups excluding carboxylic acids is 1. The molecular formula is C16H11N3O. The highest BCUT2D eigenvalue weighted by molar-refractivity contribution is 6.12. The molecule has 4 nitrogen and oxygen atoms in total. The van der Waals surface area contributed by atoms with Gasteiger partial charge in [0.25, 0.3) is 0 Å². The summed E-state index contributed by atoms with van der Waals surface area (Å²) in [5, 5.41) is 9.14. The molecule has 0 aliphatic carbocycles. The van der Waals surface area contributed by atoms with Crippen molar-refractivity contribution in [2.24, 2.45) is 0 Å². The highest BCUT2D eigenvalue weighted by atomic mass is 16.1. The predicted molar refractivity (Wildman–Crippen MR) is 76.4 cm³/mol. The number of nitrogens with zero attached hydrogens (tertiary/aromatic N) is 2. The molecule has 0 atom stereocenters. The van der Waals surface area contributed by atoms with Gasteiger partial charge in [0, 0.05) is 17.3 Å². The number of aromatic nitrogens is 1. The Balaban J connectivity index is 2.30. The van der Waals surface area contributed by atoms with Gasteiger partial charge < -0.3 is 10.1 Å². The highest BCUT2D eigenvalue weighted by Crippen LogP contribution is 2.23. The van der Waals surface area contributed by atoms with E-state index >= 15 is 0 Å². The zero-order valence-corrected chi connectivity index (χ0v) is 10.6. The lowest BCUT2D eigenvalue weighted by atomic mass is 10.0. The fraction of sp³-hybridized carbons (Fsp3) is 0. The van der Waals surface area contributed by atoms with Gasteiger partial charge in [0.15, 0.2) is 0 Å². The van der Waals surface area contributed by atoms with Crippen LogP contribution in [0.25, 0.3) is 5.52 Å². The first-order valence-electron chi connectivity index (χ1n) is 6.12. The Bertz CT molecular complexity index is 841. The number of fused-ring (bicyclic) bond motifs is 1. The Morgan fingerprint density at radius 3 is 2.60 bits per heavy atom. The molecule has 2 heterocycles. The number of carbonyl (C=O) groups is 1. The first kappa shape index (κ1) is 12.0. The number of rotatable bonds is 2. The number of hydrogen-bond donors (Lipinski definition) is 1. The van der Waals surface area contributed by atoms with Crippen LogP contribution in [0.4, 0.5) is 5.69 Å². The minimum absolute atomic E-state index is 0.193. The summed E-state index contributed by atoms with van der Waals surface area (Å²) >= 11 is 0. The third kappa shape index (κ3) is 1.73. The van der Waals surface area contributed by atoms with E-state index in [1.807, 2.05) is 24.3 Å². The van der Waals surface area contributed by atoms with Crippen LogP contribution in [0.3, 0.4) is 0 Å². The first-order valence-corrected chi connectivity index (χ1v) is 6.12. The third-order valence-electron chi connectivity index (χ3n) is 3.23. The van der Waals surface area contributed by atoms with Gasteiger partial charge in [-0.05, 0) is 18.2 Å². The first-order chi connectivity index (χ1) is 9.72. The zero-order chi connectivity index (χ0) is 14.1. The molecule has 2 aromatic heterocycles. The number of ketones is 1. The number of nitrogen functional groups attached to an aromatic ring is 1. The lowest BCUT2D eigenvalue weighted by Gasteiger charge is -2.10. The minimum Gasteiger partial charge on any atom is -0.396 e. The molecule has 0 fully saturated rings. The normalized spacial score (nSPS) is 10.3. The van der Waals surface area contributed by atoms with Crippen LogP contribution in [0.2, 0.25) is 0 Å². The van der Waals surface area contributed by atoms with E-state index in [1.165, 1.54) is 0 Å². The van der Waals surface area contributed by atoms with Gasteiger partial charge in [-0.3, -0.25) is 4.79 Å². The van der Waals surface area contributed by atoms with Gasteiger partial charge in [0.2, 0.25) is 5.78 Å². The molecule has 4 heteroatoms. The van der Waals surface area contributed by atoms with E-state index < -0.39 is 0 Å². The molecule has 96 valence electrons. The van der Waals surface area contributed by atoms with Crippen LogP contribution in [0.15, 0.2) is 54.7 Å². The Morgan fingerprint density at radius 2 is 1.90 bits per heavy atom. The van der Waals surface area contributed by atoms with Crippen molar-refractivity contribution < 1.29 is 4.79 Å². The van der Waals surface area contributed by atoms with Gasteiger partial charge in [-0.2, -0.15) is 5.26 Å². The van der Waals surface area contributed by atoms with E-state index in [1.54, 1.807) is 40.9 Å². The van der Waals surface area contributed by atoms with E-state index in [2.05, 4.69) is 0 Å². The molecule has 3 aromatic rings.